The number of methoxy groups -OCH3 is 2. The van der Waals surface area contributed by atoms with Crippen LogP contribution in [0.5, 0.6) is 11.5 Å². The fraction of sp³-hybridized carbons (Fsp3) is 0.500. The maximum atomic E-state index is 15.7. The zero-order valence-electron chi connectivity index (χ0n) is 18.4. The Hall–Kier alpha value is -2.12. The number of halogens is 1. The van der Waals surface area contributed by atoms with Crippen LogP contribution >= 0.6 is 0 Å². The van der Waals surface area contributed by atoms with E-state index in [9.17, 15) is 8.42 Å². The first-order chi connectivity index (χ1) is 14.8. The van der Waals surface area contributed by atoms with Crippen LogP contribution in [0.2, 0.25) is 0 Å². The molecule has 0 radical (unpaired) electrons. The first-order valence-electron chi connectivity index (χ1n) is 10.7. The van der Waals surface area contributed by atoms with E-state index in [1.54, 1.807) is 6.07 Å². The number of fused-ring (bicyclic) bond motifs is 1. The number of benzene rings is 2. The van der Waals surface area contributed by atoms with E-state index >= 15 is 4.39 Å². The van der Waals surface area contributed by atoms with Gasteiger partial charge >= 0.3 is 0 Å². The SMILES string of the molecule is COc1cc2c(cc1OC)S(=O)(=O)C(CC1(F)CCN(Cc3ccccc3C)CC1)C2. The van der Waals surface area contributed by atoms with Gasteiger partial charge in [0.1, 0.15) is 5.67 Å². The third-order valence-electron chi connectivity index (χ3n) is 6.76. The molecule has 2 aliphatic heterocycles. The summed E-state index contributed by atoms with van der Waals surface area (Å²) in [5.41, 5.74) is 1.71. The number of rotatable bonds is 6. The van der Waals surface area contributed by atoms with Crippen molar-refractivity contribution >= 4 is 9.84 Å². The van der Waals surface area contributed by atoms with E-state index in [1.807, 2.05) is 12.1 Å². The van der Waals surface area contributed by atoms with Gasteiger partial charge in [-0.3, -0.25) is 4.90 Å². The average molecular weight is 448 g/mol. The van der Waals surface area contributed by atoms with Crippen molar-refractivity contribution in [3.05, 3.63) is 53.1 Å². The van der Waals surface area contributed by atoms with E-state index in [0.29, 0.717) is 49.4 Å². The lowest BCUT2D eigenvalue weighted by atomic mass is 9.87. The number of hydrogen-bond acceptors (Lipinski definition) is 5. The third-order valence-corrected chi connectivity index (χ3v) is 8.96. The van der Waals surface area contributed by atoms with Crippen molar-refractivity contribution in [2.75, 3.05) is 27.3 Å². The Balaban J connectivity index is 1.44. The Kier molecular flexibility index (Phi) is 6.01. The van der Waals surface area contributed by atoms with Gasteiger partial charge in [0.2, 0.25) is 0 Å². The van der Waals surface area contributed by atoms with Crippen LogP contribution in [0.1, 0.15) is 36.0 Å². The highest BCUT2D eigenvalue weighted by molar-refractivity contribution is 7.92. The topological polar surface area (TPSA) is 55.8 Å². The molecule has 4 rings (SSSR count). The average Bonchev–Trinajstić information content (AvgIpc) is 2.99. The van der Waals surface area contributed by atoms with Crippen LogP contribution in [0.3, 0.4) is 0 Å². The Morgan fingerprint density at radius 2 is 1.74 bits per heavy atom. The summed E-state index contributed by atoms with van der Waals surface area (Å²) >= 11 is 0. The molecule has 0 saturated carbocycles. The van der Waals surface area contributed by atoms with Crippen LogP contribution in [0.25, 0.3) is 0 Å². The molecule has 168 valence electrons. The highest BCUT2D eigenvalue weighted by Gasteiger charge is 2.45. The maximum Gasteiger partial charge on any atom is 0.182 e. The molecule has 2 heterocycles. The lowest BCUT2D eigenvalue weighted by Crippen LogP contribution is -2.43. The van der Waals surface area contributed by atoms with Gasteiger partial charge in [-0.05, 0) is 55.4 Å². The predicted octanol–water partition coefficient (Wildman–Crippen LogP) is 4.11. The molecule has 0 amide bonds. The number of nitrogens with zero attached hydrogens (tertiary/aromatic N) is 1. The summed E-state index contributed by atoms with van der Waals surface area (Å²) in [6, 6.07) is 11.5. The molecule has 7 heteroatoms. The largest absolute Gasteiger partial charge is 0.493 e. The van der Waals surface area contributed by atoms with Crippen LogP contribution in [0, 0.1) is 6.92 Å². The highest BCUT2D eigenvalue weighted by atomic mass is 32.2. The van der Waals surface area contributed by atoms with Gasteiger partial charge in [-0.15, -0.1) is 0 Å². The number of ether oxygens (including phenoxy) is 2. The van der Waals surface area contributed by atoms with Gasteiger partial charge in [-0.2, -0.15) is 0 Å². The van der Waals surface area contributed by atoms with Crippen LogP contribution in [-0.2, 0) is 22.8 Å². The second-order valence-electron chi connectivity index (χ2n) is 8.74. The quantitative estimate of drug-likeness (QED) is 0.667. The normalized spacial score (nSPS) is 22.1. The second-order valence-corrected chi connectivity index (χ2v) is 10.9. The van der Waals surface area contributed by atoms with Crippen molar-refractivity contribution in [2.24, 2.45) is 0 Å². The molecule has 0 N–H and O–H groups in total. The molecule has 1 fully saturated rings. The molecule has 5 nitrogen and oxygen atoms in total. The monoisotopic (exact) mass is 447 g/mol. The predicted molar refractivity (Wildman–Crippen MR) is 118 cm³/mol. The Labute approximate surface area is 184 Å². The lowest BCUT2D eigenvalue weighted by molar-refractivity contribution is 0.0471. The molecule has 0 spiro atoms. The fourth-order valence-corrected chi connectivity index (χ4v) is 6.85. The standard InChI is InChI=1S/C24H30FNO4S/c1-17-6-4-5-7-18(17)16-26-10-8-24(25,9-11-26)15-20-12-19-13-21(29-2)22(30-3)14-23(19)31(20,27)28/h4-7,13-14,20H,8-12,15-16H2,1-3H3. The molecule has 0 aliphatic carbocycles. The van der Waals surface area contributed by atoms with E-state index in [2.05, 4.69) is 24.0 Å². The summed E-state index contributed by atoms with van der Waals surface area (Å²) < 4.78 is 52.6. The Bertz CT molecular complexity index is 1060. The van der Waals surface area contributed by atoms with E-state index in [4.69, 9.17) is 9.47 Å². The first-order valence-corrected chi connectivity index (χ1v) is 12.2. The van der Waals surface area contributed by atoms with Crippen molar-refractivity contribution in [3.63, 3.8) is 0 Å². The minimum Gasteiger partial charge on any atom is -0.493 e. The van der Waals surface area contributed by atoms with Gasteiger partial charge < -0.3 is 9.47 Å². The Morgan fingerprint density at radius 1 is 1.10 bits per heavy atom. The Morgan fingerprint density at radius 3 is 2.39 bits per heavy atom. The highest BCUT2D eigenvalue weighted by Crippen LogP contribution is 2.43. The van der Waals surface area contributed by atoms with Crippen LogP contribution < -0.4 is 9.47 Å². The van der Waals surface area contributed by atoms with Crippen LogP contribution in [0.15, 0.2) is 41.3 Å². The number of hydrogen-bond donors (Lipinski definition) is 0. The van der Waals surface area contributed by atoms with E-state index in [0.717, 1.165) is 6.54 Å². The van der Waals surface area contributed by atoms with Crippen molar-refractivity contribution < 1.29 is 22.3 Å². The summed E-state index contributed by atoms with van der Waals surface area (Å²) in [4.78, 5) is 2.50. The molecule has 1 saturated heterocycles. The van der Waals surface area contributed by atoms with Crippen molar-refractivity contribution in [2.45, 2.75) is 55.0 Å². The molecular weight excluding hydrogens is 417 g/mol. The van der Waals surface area contributed by atoms with E-state index < -0.39 is 20.8 Å². The fourth-order valence-electron chi connectivity index (χ4n) is 4.80. The first kappa shape index (κ1) is 22.1. The van der Waals surface area contributed by atoms with Crippen LogP contribution in [0.4, 0.5) is 4.39 Å². The maximum absolute atomic E-state index is 15.7. The van der Waals surface area contributed by atoms with Gasteiger partial charge in [-0.1, -0.05) is 24.3 Å². The van der Waals surface area contributed by atoms with E-state index in [-0.39, 0.29) is 11.3 Å². The van der Waals surface area contributed by atoms with Crippen molar-refractivity contribution in [1.29, 1.82) is 0 Å². The molecule has 0 bridgehead atoms. The molecule has 1 unspecified atom stereocenters. The zero-order valence-corrected chi connectivity index (χ0v) is 19.2. The minimum absolute atomic E-state index is 0.0346. The molecule has 2 aromatic carbocycles. The zero-order chi connectivity index (χ0) is 22.2. The summed E-state index contributed by atoms with van der Waals surface area (Å²) in [5, 5.41) is -0.743. The van der Waals surface area contributed by atoms with Crippen molar-refractivity contribution in [3.8, 4) is 11.5 Å². The lowest BCUT2D eigenvalue weighted by Gasteiger charge is -2.37. The number of alkyl halides is 1. The van der Waals surface area contributed by atoms with Crippen molar-refractivity contribution in [1.82, 2.24) is 4.90 Å². The number of likely N-dealkylation sites (tertiary alicyclic amines) is 1. The number of piperidine rings is 1. The van der Waals surface area contributed by atoms with E-state index in [1.165, 1.54) is 31.4 Å². The second kappa shape index (κ2) is 8.43. The summed E-state index contributed by atoms with van der Waals surface area (Å²) in [7, 11) is -0.601. The third kappa shape index (κ3) is 4.30. The molecule has 2 aliphatic rings. The smallest absolute Gasteiger partial charge is 0.182 e. The van der Waals surface area contributed by atoms with Gasteiger partial charge in [0.05, 0.1) is 24.4 Å². The van der Waals surface area contributed by atoms with Gasteiger partial charge in [0, 0.05) is 25.7 Å². The van der Waals surface area contributed by atoms with Gasteiger partial charge in [0.25, 0.3) is 0 Å². The summed E-state index contributed by atoms with van der Waals surface area (Å²) in [6.07, 6.45) is 1.06. The van der Waals surface area contributed by atoms with Gasteiger partial charge in [-0.25, -0.2) is 12.8 Å². The molecule has 0 aromatic heterocycles. The molecule has 31 heavy (non-hydrogen) atoms. The number of sulfone groups is 1. The van der Waals surface area contributed by atoms with Crippen LogP contribution in [-0.4, -0.2) is 51.5 Å². The summed E-state index contributed by atoms with van der Waals surface area (Å²) in [6.45, 7) is 4.15. The van der Waals surface area contributed by atoms with Gasteiger partial charge in [0.15, 0.2) is 21.3 Å². The minimum atomic E-state index is -3.60. The summed E-state index contributed by atoms with van der Waals surface area (Å²) in [5.74, 6) is 0.876. The molecular formula is C24H30FNO4S. The number of aryl methyl sites for hydroxylation is 1. The molecule has 1 atom stereocenters. The molecule has 2 aromatic rings.